The van der Waals surface area contributed by atoms with Crippen molar-refractivity contribution in [2.24, 2.45) is 0 Å². The number of hydrogen-bond donors (Lipinski definition) is 1. The Bertz CT molecular complexity index is 584. The molecule has 0 radical (unpaired) electrons. The molecule has 0 saturated heterocycles. The van der Waals surface area contributed by atoms with E-state index in [1.165, 1.54) is 4.90 Å². The van der Waals surface area contributed by atoms with E-state index in [9.17, 15) is 0 Å². The van der Waals surface area contributed by atoms with Crippen molar-refractivity contribution in [2.45, 2.75) is 24.5 Å². The van der Waals surface area contributed by atoms with Crippen molar-refractivity contribution in [1.29, 1.82) is 0 Å². The standard InChI is InChI=1S/C15H18N2OS/c1-10-6-14(4-5-15(10)16)19-9-12-8-13(18-3)7-11(2)17-12/h4-8H,9,16H2,1-3H3. The summed E-state index contributed by atoms with van der Waals surface area (Å²) in [5.41, 5.74) is 9.76. The fourth-order valence-corrected chi connectivity index (χ4v) is 2.68. The summed E-state index contributed by atoms with van der Waals surface area (Å²) in [6, 6.07) is 10.0. The average Bonchev–Trinajstić information content (AvgIpc) is 2.39. The molecule has 0 amide bonds. The summed E-state index contributed by atoms with van der Waals surface area (Å²) in [7, 11) is 1.68. The zero-order chi connectivity index (χ0) is 13.8. The molecule has 0 aliphatic heterocycles. The number of aryl methyl sites for hydroxylation is 2. The summed E-state index contributed by atoms with van der Waals surface area (Å²) in [5, 5.41) is 0. The Morgan fingerprint density at radius 2 is 2.00 bits per heavy atom. The number of nitrogen functional groups attached to an aromatic ring is 1. The van der Waals surface area contributed by atoms with Crippen molar-refractivity contribution in [3.8, 4) is 5.75 Å². The number of nitrogens with two attached hydrogens (primary N) is 1. The van der Waals surface area contributed by atoms with Gasteiger partial charge < -0.3 is 10.5 Å². The van der Waals surface area contributed by atoms with Crippen LogP contribution in [0.4, 0.5) is 5.69 Å². The molecule has 19 heavy (non-hydrogen) atoms. The second-order valence-corrected chi connectivity index (χ2v) is 5.50. The van der Waals surface area contributed by atoms with Crippen LogP contribution < -0.4 is 10.5 Å². The molecule has 0 fully saturated rings. The lowest BCUT2D eigenvalue weighted by atomic mass is 10.2. The summed E-state index contributed by atoms with van der Waals surface area (Å²) < 4.78 is 5.26. The number of anilines is 1. The minimum atomic E-state index is 0.821. The molecule has 0 bridgehead atoms. The van der Waals surface area contributed by atoms with Gasteiger partial charge in [-0.15, -0.1) is 11.8 Å². The zero-order valence-electron chi connectivity index (χ0n) is 11.4. The highest BCUT2D eigenvalue weighted by atomic mass is 32.2. The van der Waals surface area contributed by atoms with Gasteiger partial charge in [-0.3, -0.25) is 4.98 Å². The van der Waals surface area contributed by atoms with Crippen molar-refractivity contribution in [1.82, 2.24) is 4.98 Å². The van der Waals surface area contributed by atoms with Gasteiger partial charge in [0.25, 0.3) is 0 Å². The van der Waals surface area contributed by atoms with Gasteiger partial charge in [0.1, 0.15) is 5.75 Å². The molecule has 0 aliphatic rings. The van der Waals surface area contributed by atoms with Crippen LogP contribution in [0.15, 0.2) is 35.2 Å². The van der Waals surface area contributed by atoms with Crippen LogP contribution in [0.25, 0.3) is 0 Å². The van der Waals surface area contributed by atoms with Crippen LogP contribution in [0.1, 0.15) is 17.0 Å². The first kappa shape index (κ1) is 13.7. The Morgan fingerprint density at radius 3 is 2.68 bits per heavy atom. The maximum Gasteiger partial charge on any atom is 0.122 e. The largest absolute Gasteiger partial charge is 0.497 e. The monoisotopic (exact) mass is 274 g/mol. The molecule has 2 N–H and O–H groups in total. The van der Waals surface area contributed by atoms with Crippen molar-refractivity contribution in [3.05, 3.63) is 47.3 Å². The summed E-state index contributed by atoms with van der Waals surface area (Å²) in [5.74, 6) is 1.68. The van der Waals surface area contributed by atoms with Crippen LogP contribution in [0.3, 0.4) is 0 Å². The van der Waals surface area contributed by atoms with Crippen LogP contribution in [-0.4, -0.2) is 12.1 Å². The summed E-state index contributed by atoms with van der Waals surface area (Å²) in [4.78, 5) is 5.71. The van der Waals surface area contributed by atoms with E-state index in [4.69, 9.17) is 10.5 Å². The predicted octanol–water partition coefficient (Wildman–Crippen LogP) is 3.58. The lowest BCUT2D eigenvalue weighted by molar-refractivity contribution is 0.413. The van der Waals surface area contributed by atoms with E-state index >= 15 is 0 Å². The SMILES string of the molecule is COc1cc(C)nc(CSc2ccc(N)c(C)c2)c1. The highest BCUT2D eigenvalue weighted by molar-refractivity contribution is 7.98. The van der Waals surface area contributed by atoms with E-state index in [1.807, 2.05) is 38.1 Å². The lowest BCUT2D eigenvalue weighted by Crippen LogP contribution is -1.93. The molecule has 1 aromatic carbocycles. The first-order chi connectivity index (χ1) is 9.08. The number of methoxy groups -OCH3 is 1. The van der Waals surface area contributed by atoms with Crippen LogP contribution in [0, 0.1) is 13.8 Å². The van der Waals surface area contributed by atoms with Gasteiger partial charge in [-0.05, 0) is 37.6 Å². The van der Waals surface area contributed by atoms with Crippen LogP contribution in [0.2, 0.25) is 0 Å². The molecule has 0 saturated carbocycles. The number of rotatable bonds is 4. The summed E-state index contributed by atoms with van der Waals surface area (Å²) in [6.07, 6.45) is 0. The smallest absolute Gasteiger partial charge is 0.122 e. The molecule has 1 aromatic heterocycles. The molecule has 0 atom stereocenters. The van der Waals surface area contributed by atoms with Gasteiger partial charge in [-0.25, -0.2) is 0 Å². The van der Waals surface area contributed by atoms with Gasteiger partial charge in [0.05, 0.1) is 12.8 Å². The molecule has 0 unspecified atom stereocenters. The van der Waals surface area contributed by atoms with E-state index in [1.54, 1.807) is 18.9 Å². The van der Waals surface area contributed by atoms with E-state index < -0.39 is 0 Å². The second-order valence-electron chi connectivity index (χ2n) is 4.45. The molecule has 2 aromatic rings. The summed E-state index contributed by atoms with van der Waals surface area (Å²) >= 11 is 1.75. The minimum Gasteiger partial charge on any atom is -0.497 e. The molecule has 1 heterocycles. The van der Waals surface area contributed by atoms with Crippen molar-refractivity contribution < 1.29 is 4.74 Å². The molecule has 0 aliphatic carbocycles. The fourth-order valence-electron chi connectivity index (χ4n) is 1.79. The van der Waals surface area contributed by atoms with Crippen LogP contribution in [0.5, 0.6) is 5.75 Å². The van der Waals surface area contributed by atoms with E-state index in [2.05, 4.69) is 11.1 Å². The molecule has 3 nitrogen and oxygen atoms in total. The Balaban J connectivity index is 2.09. The van der Waals surface area contributed by atoms with E-state index in [-0.39, 0.29) is 0 Å². The average molecular weight is 274 g/mol. The minimum absolute atomic E-state index is 0.821. The second kappa shape index (κ2) is 5.97. The number of aromatic nitrogens is 1. The first-order valence-electron chi connectivity index (χ1n) is 6.09. The Hall–Kier alpha value is -1.68. The van der Waals surface area contributed by atoms with Gasteiger partial charge in [0.2, 0.25) is 0 Å². The highest BCUT2D eigenvalue weighted by Gasteiger charge is 2.03. The molecular weight excluding hydrogens is 256 g/mol. The number of nitrogens with zero attached hydrogens (tertiary/aromatic N) is 1. The maximum absolute atomic E-state index is 5.82. The number of thioether (sulfide) groups is 1. The number of ether oxygens (including phenoxy) is 1. The molecule has 4 heteroatoms. The van der Waals surface area contributed by atoms with Crippen molar-refractivity contribution >= 4 is 17.4 Å². The van der Waals surface area contributed by atoms with Gasteiger partial charge in [0, 0.05) is 34.2 Å². The van der Waals surface area contributed by atoms with E-state index in [0.717, 1.165) is 34.1 Å². The Kier molecular flexibility index (Phi) is 4.32. The number of hydrogen-bond acceptors (Lipinski definition) is 4. The van der Waals surface area contributed by atoms with Crippen LogP contribution in [-0.2, 0) is 5.75 Å². The molecular formula is C15H18N2OS. The molecule has 2 rings (SSSR count). The third kappa shape index (κ3) is 3.64. The van der Waals surface area contributed by atoms with Crippen LogP contribution >= 0.6 is 11.8 Å². The first-order valence-corrected chi connectivity index (χ1v) is 7.07. The Labute approximate surface area is 118 Å². The lowest BCUT2D eigenvalue weighted by Gasteiger charge is -2.07. The van der Waals surface area contributed by atoms with Gasteiger partial charge >= 0.3 is 0 Å². The Morgan fingerprint density at radius 1 is 1.21 bits per heavy atom. The number of pyridine rings is 1. The van der Waals surface area contributed by atoms with Gasteiger partial charge in [-0.2, -0.15) is 0 Å². The third-order valence-corrected chi connectivity index (χ3v) is 3.87. The number of benzene rings is 1. The van der Waals surface area contributed by atoms with Crippen molar-refractivity contribution in [3.63, 3.8) is 0 Å². The molecule has 0 spiro atoms. The van der Waals surface area contributed by atoms with Gasteiger partial charge in [-0.1, -0.05) is 0 Å². The normalized spacial score (nSPS) is 10.5. The topological polar surface area (TPSA) is 48.1 Å². The summed E-state index contributed by atoms with van der Waals surface area (Å²) in [6.45, 7) is 4.00. The van der Waals surface area contributed by atoms with Crippen molar-refractivity contribution in [2.75, 3.05) is 12.8 Å². The quantitative estimate of drug-likeness (QED) is 0.684. The van der Waals surface area contributed by atoms with Gasteiger partial charge in [0.15, 0.2) is 0 Å². The zero-order valence-corrected chi connectivity index (χ0v) is 12.3. The fraction of sp³-hybridized carbons (Fsp3) is 0.267. The third-order valence-electron chi connectivity index (χ3n) is 2.84. The van der Waals surface area contributed by atoms with E-state index in [0.29, 0.717) is 0 Å². The maximum atomic E-state index is 5.82. The molecule has 100 valence electrons. The predicted molar refractivity (Wildman–Crippen MR) is 80.7 cm³/mol. The highest BCUT2D eigenvalue weighted by Crippen LogP contribution is 2.26.